The van der Waals surface area contributed by atoms with E-state index in [4.69, 9.17) is 0 Å². The van der Waals surface area contributed by atoms with Gasteiger partial charge in [0.2, 0.25) is 0 Å². The molecule has 2 aliphatic carbocycles. The number of fused-ring (bicyclic) bond motifs is 1. The molecule has 20 heavy (non-hydrogen) atoms. The monoisotopic (exact) mass is 270 g/mol. The van der Waals surface area contributed by atoms with Gasteiger partial charge < -0.3 is 9.67 Å². The first-order valence-corrected chi connectivity index (χ1v) is 7.41. The van der Waals surface area contributed by atoms with Gasteiger partial charge in [0.1, 0.15) is 0 Å². The SMILES string of the molecule is O=C(O)c1cccc2ncn(CC(C3CC3)C3CC3)c12. The van der Waals surface area contributed by atoms with Crippen molar-refractivity contribution in [3.8, 4) is 0 Å². The summed E-state index contributed by atoms with van der Waals surface area (Å²) in [6, 6.07) is 5.33. The number of nitrogens with zero attached hydrogens (tertiary/aromatic N) is 2. The van der Waals surface area contributed by atoms with E-state index in [2.05, 4.69) is 9.55 Å². The van der Waals surface area contributed by atoms with Gasteiger partial charge in [0.15, 0.2) is 0 Å². The first-order chi connectivity index (χ1) is 9.74. The van der Waals surface area contributed by atoms with E-state index in [1.54, 1.807) is 12.1 Å². The van der Waals surface area contributed by atoms with Gasteiger partial charge in [-0.1, -0.05) is 6.07 Å². The van der Waals surface area contributed by atoms with Crippen LogP contribution in [0.5, 0.6) is 0 Å². The van der Waals surface area contributed by atoms with Crippen molar-refractivity contribution in [2.45, 2.75) is 32.2 Å². The highest BCUT2D eigenvalue weighted by Gasteiger charge is 2.41. The van der Waals surface area contributed by atoms with Crippen LogP contribution in [0.2, 0.25) is 0 Å². The van der Waals surface area contributed by atoms with Gasteiger partial charge >= 0.3 is 5.97 Å². The van der Waals surface area contributed by atoms with Gasteiger partial charge in [-0.3, -0.25) is 0 Å². The van der Waals surface area contributed by atoms with Crippen LogP contribution in [0.25, 0.3) is 11.0 Å². The molecule has 0 bridgehead atoms. The highest BCUT2D eigenvalue weighted by molar-refractivity contribution is 6.01. The fourth-order valence-corrected chi connectivity index (χ4v) is 3.40. The summed E-state index contributed by atoms with van der Waals surface area (Å²) in [6.45, 7) is 0.927. The summed E-state index contributed by atoms with van der Waals surface area (Å²) in [5.41, 5.74) is 1.94. The lowest BCUT2D eigenvalue weighted by molar-refractivity contribution is 0.0698. The lowest BCUT2D eigenvalue weighted by Gasteiger charge is -2.17. The molecule has 4 nitrogen and oxygen atoms in total. The molecule has 0 atom stereocenters. The van der Waals surface area contributed by atoms with E-state index in [0.29, 0.717) is 11.5 Å². The third-order valence-corrected chi connectivity index (χ3v) is 4.73. The number of hydrogen-bond acceptors (Lipinski definition) is 2. The quantitative estimate of drug-likeness (QED) is 0.908. The highest BCUT2D eigenvalue weighted by Crippen LogP contribution is 2.50. The van der Waals surface area contributed by atoms with Crippen molar-refractivity contribution in [3.63, 3.8) is 0 Å². The van der Waals surface area contributed by atoms with Crippen molar-refractivity contribution < 1.29 is 9.90 Å². The molecule has 2 aliphatic rings. The Labute approximate surface area is 117 Å². The molecule has 0 radical (unpaired) electrons. The molecule has 2 fully saturated rings. The summed E-state index contributed by atoms with van der Waals surface area (Å²) in [7, 11) is 0. The smallest absolute Gasteiger partial charge is 0.337 e. The number of carboxylic acids is 1. The van der Waals surface area contributed by atoms with E-state index in [1.165, 1.54) is 25.7 Å². The van der Waals surface area contributed by atoms with Crippen LogP contribution < -0.4 is 0 Å². The van der Waals surface area contributed by atoms with Crippen molar-refractivity contribution in [2.75, 3.05) is 0 Å². The molecule has 4 rings (SSSR count). The summed E-state index contributed by atoms with van der Waals surface area (Å²) in [5.74, 6) is 1.56. The van der Waals surface area contributed by atoms with Gasteiger partial charge in [0.25, 0.3) is 0 Å². The van der Waals surface area contributed by atoms with Crippen LogP contribution in [0.15, 0.2) is 24.5 Å². The van der Waals surface area contributed by atoms with Crippen molar-refractivity contribution in [1.29, 1.82) is 0 Å². The summed E-state index contributed by atoms with van der Waals surface area (Å²) in [4.78, 5) is 15.8. The van der Waals surface area contributed by atoms with E-state index in [1.807, 2.05) is 12.4 Å². The number of aromatic nitrogens is 2. The Morgan fingerprint density at radius 3 is 2.60 bits per heavy atom. The van der Waals surface area contributed by atoms with Crippen molar-refractivity contribution >= 4 is 17.0 Å². The maximum absolute atomic E-state index is 11.4. The molecule has 2 aromatic rings. The van der Waals surface area contributed by atoms with E-state index in [9.17, 15) is 9.90 Å². The molecule has 104 valence electrons. The van der Waals surface area contributed by atoms with Gasteiger partial charge in [0, 0.05) is 6.54 Å². The minimum Gasteiger partial charge on any atom is -0.478 e. The standard InChI is InChI=1S/C16H18N2O2/c19-16(20)12-2-1-3-14-15(12)18(9-17-14)8-13(10-4-5-10)11-6-7-11/h1-3,9-11,13H,4-8H2,(H,19,20). The van der Waals surface area contributed by atoms with Gasteiger partial charge in [-0.25, -0.2) is 9.78 Å². The molecular weight excluding hydrogens is 252 g/mol. The second-order valence-corrected chi connectivity index (χ2v) is 6.21. The minimum absolute atomic E-state index is 0.366. The normalized spacial score (nSPS) is 18.9. The second kappa shape index (κ2) is 4.33. The van der Waals surface area contributed by atoms with Gasteiger partial charge in [-0.05, 0) is 55.6 Å². The number of aromatic carboxylic acids is 1. The molecule has 0 amide bonds. The Morgan fingerprint density at radius 1 is 1.30 bits per heavy atom. The van der Waals surface area contributed by atoms with Gasteiger partial charge in [-0.15, -0.1) is 0 Å². The summed E-state index contributed by atoms with van der Waals surface area (Å²) in [6.07, 6.45) is 7.20. The van der Waals surface area contributed by atoms with Gasteiger partial charge in [-0.2, -0.15) is 0 Å². The zero-order valence-electron chi connectivity index (χ0n) is 11.3. The Kier molecular flexibility index (Phi) is 2.59. The molecule has 1 heterocycles. The second-order valence-electron chi connectivity index (χ2n) is 6.21. The topological polar surface area (TPSA) is 55.1 Å². The lowest BCUT2D eigenvalue weighted by atomic mass is 9.97. The first kappa shape index (κ1) is 11.9. The first-order valence-electron chi connectivity index (χ1n) is 7.41. The molecule has 0 spiro atoms. The average molecular weight is 270 g/mol. The summed E-state index contributed by atoms with van der Waals surface area (Å²) in [5, 5.41) is 9.36. The maximum Gasteiger partial charge on any atom is 0.337 e. The highest BCUT2D eigenvalue weighted by atomic mass is 16.4. The Bertz CT molecular complexity index is 656. The Morgan fingerprint density at radius 2 is 2.00 bits per heavy atom. The molecule has 0 aliphatic heterocycles. The zero-order valence-corrected chi connectivity index (χ0v) is 11.3. The molecule has 1 aromatic carbocycles. The molecule has 2 saturated carbocycles. The van der Waals surface area contributed by atoms with E-state index < -0.39 is 5.97 Å². The number of benzene rings is 1. The van der Waals surface area contributed by atoms with Crippen LogP contribution in [0.1, 0.15) is 36.0 Å². The van der Waals surface area contributed by atoms with Crippen LogP contribution in [0.3, 0.4) is 0 Å². The number of para-hydroxylation sites is 1. The number of carboxylic acid groups (broad SMARTS) is 1. The van der Waals surface area contributed by atoms with E-state index in [0.717, 1.165) is 29.4 Å². The van der Waals surface area contributed by atoms with Crippen LogP contribution in [0.4, 0.5) is 0 Å². The average Bonchev–Trinajstić information content (AvgIpc) is 3.34. The summed E-state index contributed by atoms with van der Waals surface area (Å²) >= 11 is 0. The fourth-order valence-electron chi connectivity index (χ4n) is 3.40. The molecule has 1 aromatic heterocycles. The molecule has 4 heteroatoms. The predicted molar refractivity (Wildman–Crippen MR) is 75.6 cm³/mol. The molecule has 0 saturated heterocycles. The predicted octanol–water partition coefficient (Wildman–Crippen LogP) is 3.17. The largest absolute Gasteiger partial charge is 0.478 e. The zero-order chi connectivity index (χ0) is 13.7. The number of hydrogen-bond donors (Lipinski definition) is 1. The third kappa shape index (κ3) is 1.99. The number of imidazole rings is 1. The molecule has 0 unspecified atom stereocenters. The van der Waals surface area contributed by atoms with E-state index >= 15 is 0 Å². The number of carbonyl (C=O) groups is 1. The number of rotatable bonds is 5. The Hall–Kier alpha value is -1.84. The van der Waals surface area contributed by atoms with Crippen molar-refractivity contribution in [1.82, 2.24) is 9.55 Å². The third-order valence-electron chi connectivity index (χ3n) is 4.73. The lowest BCUT2D eigenvalue weighted by Crippen LogP contribution is -2.15. The van der Waals surface area contributed by atoms with Crippen LogP contribution in [-0.2, 0) is 6.54 Å². The van der Waals surface area contributed by atoms with E-state index in [-0.39, 0.29) is 0 Å². The van der Waals surface area contributed by atoms with Gasteiger partial charge in [0.05, 0.1) is 22.9 Å². The summed E-state index contributed by atoms with van der Waals surface area (Å²) < 4.78 is 2.07. The van der Waals surface area contributed by atoms with Crippen molar-refractivity contribution in [3.05, 3.63) is 30.1 Å². The van der Waals surface area contributed by atoms with Crippen molar-refractivity contribution in [2.24, 2.45) is 17.8 Å². The molecule has 1 N–H and O–H groups in total. The minimum atomic E-state index is -0.869. The molecular formula is C16H18N2O2. The fraction of sp³-hybridized carbons (Fsp3) is 0.500. The maximum atomic E-state index is 11.4. The van der Waals surface area contributed by atoms with Crippen LogP contribution >= 0.6 is 0 Å². The van der Waals surface area contributed by atoms with Crippen LogP contribution in [-0.4, -0.2) is 20.6 Å². The van der Waals surface area contributed by atoms with Crippen LogP contribution in [0, 0.1) is 17.8 Å². The Balaban J connectivity index is 1.73.